The van der Waals surface area contributed by atoms with Gasteiger partial charge in [-0.3, -0.25) is 9.79 Å². The summed E-state index contributed by atoms with van der Waals surface area (Å²) in [6.45, 7) is 1.52. The largest absolute Gasteiger partial charge is 0.417 e. The Bertz CT molecular complexity index is 1280. The van der Waals surface area contributed by atoms with Crippen LogP contribution in [0.5, 0.6) is 0 Å². The van der Waals surface area contributed by atoms with Crippen LogP contribution in [0.1, 0.15) is 12.5 Å². The van der Waals surface area contributed by atoms with Crippen molar-refractivity contribution in [2.24, 2.45) is 10.9 Å². The summed E-state index contributed by atoms with van der Waals surface area (Å²) in [5, 5.41) is -0.539. The molecule has 1 aliphatic rings. The smallest absolute Gasteiger partial charge is 0.310 e. The molecular weight excluding hydrogens is 521 g/mol. The fourth-order valence-electron chi connectivity index (χ4n) is 3.15. The molecule has 1 aliphatic heterocycles. The zero-order valence-corrected chi connectivity index (χ0v) is 19.9. The molecule has 0 aromatic heterocycles. The van der Waals surface area contributed by atoms with E-state index in [4.69, 9.17) is 23.2 Å². The third-order valence-electron chi connectivity index (χ3n) is 5.13. The van der Waals surface area contributed by atoms with Gasteiger partial charge in [-0.2, -0.15) is 13.2 Å². The maximum Gasteiger partial charge on any atom is 0.417 e. The van der Waals surface area contributed by atoms with Gasteiger partial charge in [0.25, 0.3) is 5.91 Å². The summed E-state index contributed by atoms with van der Waals surface area (Å²) in [4.78, 5) is 17.5. The standard InChI is InChI=1S/C21H17Cl2F4N3O3S/c1-11-17(23)10-28-19(20(31)30(2)13-5-3-12(24)4-6-13)18(11)29-34(32,33)14-7-8-16(22)15(9-14)21(25,26)27/h3-11,18,29H,1-2H3. The van der Waals surface area contributed by atoms with Crippen LogP contribution in [0.2, 0.25) is 5.02 Å². The summed E-state index contributed by atoms with van der Waals surface area (Å²) < 4.78 is 81.1. The molecule has 13 heteroatoms. The Balaban J connectivity index is 1.97. The van der Waals surface area contributed by atoms with Gasteiger partial charge in [0.1, 0.15) is 11.5 Å². The number of amides is 1. The van der Waals surface area contributed by atoms with E-state index in [-0.39, 0.29) is 10.7 Å². The van der Waals surface area contributed by atoms with Gasteiger partial charge in [0.2, 0.25) is 10.0 Å². The van der Waals surface area contributed by atoms with Crippen LogP contribution in [0.4, 0.5) is 23.2 Å². The topological polar surface area (TPSA) is 78.8 Å². The van der Waals surface area contributed by atoms with Crippen molar-refractivity contribution in [3.05, 3.63) is 70.1 Å². The average Bonchev–Trinajstić information content (AvgIpc) is 2.76. The second kappa shape index (κ2) is 9.65. The number of carbonyl (C=O) groups excluding carboxylic acids is 1. The Morgan fingerprint density at radius 1 is 1.12 bits per heavy atom. The number of hydrogen-bond donors (Lipinski definition) is 1. The molecule has 2 atom stereocenters. The molecule has 0 saturated carbocycles. The van der Waals surface area contributed by atoms with Crippen molar-refractivity contribution in [2.45, 2.75) is 24.0 Å². The summed E-state index contributed by atoms with van der Waals surface area (Å²) in [6, 6.07) is 5.79. The average molecular weight is 538 g/mol. The summed E-state index contributed by atoms with van der Waals surface area (Å²) >= 11 is 11.7. The highest BCUT2D eigenvalue weighted by atomic mass is 35.5. The number of carbonyl (C=O) groups is 1. The first-order chi connectivity index (χ1) is 15.7. The summed E-state index contributed by atoms with van der Waals surface area (Å²) in [5.74, 6) is -2.02. The van der Waals surface area contributed by atoms with Gasteiger partial charge in [0.15, 0.2) is 0 Å². The summed E-state index contributed by atoms with van der Waals surface area (Å²) in [5.41, 5.74) is -1.28. The number of aliphatic imine (C=N–C) groups is 1. The fraction of sp³-hybridized carbons (Fsp3) is 0.238. The van der Waals surface area contributed by atoms with E-state index in [0.717, 1.165) is 29.2 Å². The van der Waals surface area contributed by atoms with E-state index in [9.17, 15) is 30.8 Å². The summed E-state index contributed by atoms with van der Waals surface area (Å²) in [7, 11) is -3.20. The van der Waals surface area contributed by atoms with E-state index in [1.54, 1.807) is 0 Å². The predicted molar refractivity (Wildman–Crippen MR) is 121 cm³/mol. The first kappa shape index (κ1) is 26.1. The van der Waals surface area contributed by atoms with E-state index in [1.165, 1.54) is 32.3 Å². The molecule has 6 nitrogen and oxygen atoms in total. The van der Waals surface area contributed by atoms with Gasteiger partial charge in [-0.25, -0.2) is 17.5 Å². The number of alkyl halides is 3. The number of anilines is 1. The first-order valence-electron chi connectivity index (χ1n) is 9.58. The number of benzene rings is 2. The molecule has 3 rings (SSSR count). The lowest BCUT2D eigenvalue weighted by Crippen LogP contribution is -2.52. The van der Waals surface area contributed by atoms with Crippen molar-refractivity contribution in [2.75, 3.05) is 11.9 Å². The predicted octanol–water partition coefficient (Wildman–Crippen LogP) is 4.98. The van der Waals surface area contributed by atoms with Gasteiger partial charge in [-0.15, -0.1) is 0 Å². The molecule has 0 saturated heterocycles. The Morgan fingerprint density at radius 2 is 1.74 bits per heavy atom. The van der Waals surface area contributed by atoms with Crippen LogP contribution in [0.25, 0.3) is 0 Å². The normalized spacial score (nSPS) is 18.8. The summed E-state index contributed by atoms with van der Waals surface area (Å²) in [6.07, 6.45) is -3.69. The highest BCUT2D eigenvalue weighted by molar-refractivity contribution is 7.89. The lowest BCUT2D eigenvalue weighted by atomic mass is 9.95. The monoisotopic (exact) mass is 537 g/mol. The van der Waals surface area contributed by atoms with Gasteiger partial charge in [0, 0.05) is 29.9 Å². The first-order valence-corrected chi connectivity index (χ1v) is 11.8. The maximum absolute atomic E-state index is 13.2. The second-order valence-electron chi connectivity index (χ2n) is 7.40. The van der Waals surface area contributed by atoms with Crippen LogP contribution >= 0.6 is 23.2 Å². The molecule has 0 bridgehead atoms. The Kier molecular flexibility index (Phi) is 7.42. The molecule has 0 aliphatic carbocycles. The molecule has 2 unspecified atom stereocenters. The third-order valence-corrected chi connectivity index (χ3v) is 7.34. The highest BCUT2D eigenvalue weighted by Crippen LogP contribution is 2.36. The Morgan fingerprint density at radius 3 is 2.32 bits per heavy atom. The fourth-order valence-corrected chi connectivity index (χ4v) is 4.85. The lowest BCUT2D eigenvalue weighted by molar-refractivity contribution is -0.137. The molecule has 1 heterocycles. The highest BCUT2D eigenvalue weighted by Gasteiger charge is 2.39. The van der Waals surface area contributed by atoms with Crippen LogP contribution < -0.4 is 9.62 Å². The van der Waals surface area contributed by atoms with E-state index >= 15 is 0 Å². The quantitative estimate of drug-likeness (QED) is 0.546. The molecule has 1 amide bonds. The van der Waals surface area contributed by atoms with Crippen molar-refractivity contribution in [3.63, 3.8) is 0 Å². The minimum Gasteiger partial charge on any atom is -0.310 e. The molecule has 0 fully saturated rings. The van der Waals surface area contributed by atoms with Gasteiger partial charge in [-0.1, -0.05) is 30.1 Å². The number of nitrogens with one attached hydrogen (secondary N) is 1. The third kappa shape index (κ3) is 5.43. The number of halogens is 6. The van der Waals surface area contributed by atoms with Crippen LogP contribution in [-0.2, 0) is 21.0 Å². The number of sulfonamides is 1. The molecule has 2 aromatic carbocycles. The Labute approximate surface area is 202 Å². The van der Waals surface area contributed by atoms with Crippen molar-refractivity contribution >= 4 is 50.5 Å². The van der Waals surface area contributed by atoms with Crippen molar-refractivity contribution in [3.8, 4) is 0 Å². The van der Waals surface area contributed by atoms with Crippen LogP contribution in [0, 0.1) is 11.7 Å². The van der Waals surface area contributed by atoms with E-state index in [2.05, 4.69) is 9.71 Å². The minimum atomic E-state index is -4.88. The molecule has 2 aromatic rings. The van der Waals surface area contributed by atoms with Gasteiger partial charge >= 0.3 is 6.18 Å². The molecule has 1 N–H and O–H groups in total. The van der Waals surface area contributed by atoms with E-state index in [1.807, 2.05) is 0 Å². The second-order valence-corrected chi connectivity index (χ2v) is 9.95. The zero-order valence-electron chi connectivity index (χ0n) is 17.6. The van der Waals surface area contributed by atoms with E-state index < -0.39 is 55.4 Å². The number of nitrogens with zero attached hydrogens (tertiary/aromatic N) is 2. The van der Waals surface area contributed by atoms with Crippen LogP contribution in [-0.4, -0.2) is 33.1 Å². The SMILES string of the molecule is CC1C(Cl)=CN=C(C(=O)N(C)c2ccc(F)cc2)C1NS(=O)(=O)c1ccc(Cl)c(C(F)(F)F)c1. The van der Waals surface area contributed by atoms with Crippen LogP contribution in [0.15, 0.2) is 63.6 Å². The Hall–Kier alpha value is -2.47. The maximum atomic E-state index is 13.2. The molecule has 0 radical (unpaired) electrons. The molecule has 34 heavy (non-hydrogen) atoms. The van der Waals surface area contributed by atoms with Crippen LogP contribution in [0.3, 0.4) is 0 Å². The zero-order chi connectivity index (χ0) is 25.4. The molecule has 0 spiro atoms. The van der Waals surface area contributed by atoms with Gasteiger partial charge in [0.05, 0.1) is 21.5 Å². The van der Waals surface area contributed by atoms with Gasteiger partial charge < -0.3 is 4.90 Å². The molecular formula is C21H17Cl2F4N3O3S. The number of hydrogen-bond acceptors (Lipinski definition) is 4. The molecule has 182 valence electrons. The van der Waals surface area contributed by atoms with Crippen molar-refractivity contribution in [1.82, 2.24) is 4.72 Å². The van der Waals surface area contributed by atoms with Gasteiger partial charge in [-0.05, 0) is 42.5 Å². The van der Waals surface area contributed by atoms with E-state index in [0.29, 0.717) is 11.8 Å². The lowest BCUT2D eigenvalue weighted by Gasteiger charge is -2.30. The van der Waals surface area contributed by atoms with Crippen molar-refractivity contribution < 1.29 is 30.8 Å². The minimum absolute atomic E-state index is 0.126. The van der Waals surface area contributed by atoms with Crippen molar-refractivity contribution in [1.29, 1.82) is 0 Å². The number of rotatable bonds is 5.